The van der Waals surface area contributed by atoms with E-state index in [2.05, 4.69) is 20.7 Å². The van der Waals surface area contributed by atoms with E-state index in [9.17, 15) is 4.79 Å². The van der Waals surface area contributed by atoms with E-state index in [0.717, 1.165) is 17.0 Å². The fraction of sp³-hybridized carbons (Fsp3) is 0.158. The molecule has 8 heteroatoms. The Morgan fingerprint density at radius 1 is 1.11 bits per heavy atom. The number of hydrazone groups is 1. The van der Waals surface area contributed by atoms with Crippen LogP contribution in [0.4, 0.5) is 5.69 Å². The lowest BCUT2D eigenvalue weighted by Crippen LogP contribution is -2.09. The molecule has 1 N–H and O–H groups in total. The van der Waals surface area contributed by atoms with Crippen molar-refractivity contribution in [1.82, 2.24) is 14.8 Å². The molecule has 3 aromatic rings. The molecule has 0 aliphatic heterocycles. The van der Waals surface area contributed by atoms with Gasteiger partial charge in [-0.05, 0) is 48.2 Å². The summed E-state index contributed by atoms with van der Waals surface area (Å²) in [5.41, 5.74) is 4.60. The number of anilines is 1. The minimum Gasteiger partial charge on any atom is -0.497 e. The molecule has 0 atom stereocenters. The number of aromatic nitrogens is 3. The van der Waals surface area contributed by atoms with Gasteiger partial charge in [0.15, 0.2) is 21.8 Å². The molecular formula is C19H19N5O2S. The molecular weight excluding hydrogens is 362 g/mol. The molecule has 0 fully saturated rings. The average Bonchev–Trinajstić information content (AvgIpc) is 3.06. The Morgan fingerprint density at radius 2 is 1.81 bits per heavy atom. The van der Waals surface area contributed by atoms with E-state index in [1.165, 1.54) is 18.7 Å². The van der Waals surface area contributed by atoms with Crippen molar-refractivity contribution in [3.05, 3.63) is 54.6 Å². The third-order valence-electron chi connectivity index (χ3n) is 3.73. The minimum absolute atomic E-state index is 0.155. The first kappa shape index (κ1) is 18.7. The highest BCUT2D eigenvalue weighted by molar-refractivity contribution is 8.15. The number of para-hydroxylation sites is 1. The molecule has 0 unspecified atom stereocenters. The summed E-state index contributed by atoms with van der Waals surface area (Å²) in [6.07, 6.45) is 0. The van der Waals surface area contributed by atoms with Crippen molar-refractivity contribution in [2.24, 2.45) is 12.1 Å². The first-order chi connectivity index (χ1) is 13.1. The largest absolute Gasteiger partial charge is 0.497 e. The van der Waals surface area contributed by atoms with Crippen molar-refractivity contribution < 1.29 is 9.53 Å². The number of carbonyl (C=O) groups is 1. The zero-order valence-corrected chi connectivity index (χ0v) is 16.0. The maximum atomic E-state index is 12.0. The molecule has 0 amide bonds. The Balaban J connectivity index is 1.80. The number of ketones is 1. The summed E-state index contributed by atoms with van der Waals surface area (Å²) in [5, 5.41) is 13.5. The van der Waals surface area contributed by atoms with Gasteiger partial charge >= 0.3 is 0 Å². The minimum atomic E-state index is -0.155. The molecule has 0 saturated heterocycles. The first-order valence-corrected chi connectivity index (χ1v) is 9.01. The molecule has 1 heterocycles. The fourth-order valence-electron chi connectivity index (χ4n) is 2.28. The van der Waals surface area contributed by atoms with Crippen LogP contribution in [-0.4, -0.2) is 32.7 Å². The van der Waals surface area contributed by atoms with Gasteiger partial charge < -0.3 is 9.30 Å². The normalized spacial score (nSPS) is 11.3. The summed E-state index contributed by atoms with van der Waals surface area (Å²) >= 11 is 1.17. The highest BCUT2D eigenvalue weighted by Gasteiger charge is 2.16. The number of nitrogens with zero attached hydrogens (tertiary/aromatic N) is 4. The van der Waals surface area contributed by atoms with E-state index in [0.29, 0.717) is 16.0 Å². The standard InChI is InChI=1S/C19H19N5O2S/c1-13(25)18(22-20-15-7-5-4-6-8-15)27-19-23-21-17(24(19)2)14-9-11-16(26-3)12-10-14/h4-12,20H,1-3H3/b22-18-. The second kappa shape index (κ2) is 8.50. The predicted molar refractivity (Wildman–Crippen MR) is 107 cm³/mol. The van der Waals surface area contributed by atoms with Crippen LogP contribution < -0.4 is 10.2 Å². The van der Waals surface area contributed by atoms with Crippen LogP contribution in [0.3, 0.4) is 0 Å². The molecule has 1 aromatic heterocycles. The molecule has 27 heavy (non-hydrogen) atoms. The smallest absolute Gasteiger partial charge is 0.197 e. The van der Waals surface area contributed by atoms with Gasteiger partial charge in [-0.1, -0.05) is 18.2 Å². The Morgan fingerprint density at radius 3 is 2.44 bits per heavy atom. The lowest BCUT2D eigenvalue weighted by Gasteiger charge is -2.06. The Bertz CT molecular complexity index is 952. The average molecular weight is 381 g/mol. The summed E-state index contributed by atoms with van der Waals surface area (Å²) < 4.78 is 7.00. The molecule has 7 nitrogen and oxygen atoms in total. The molecule has 3 rings (SSSR count). The van der Waals surface area contributed by atoms with E-state index < -0.39 is 0 Å². The van der Waals surface area contributed by atoms with Gasteiger partial charge in [0.2, 0.25) is 0 Å². The number of Topliss-reactive ketones (excluding diaryl/α,β-unsaturated/α-hetero) is 1. The van der Waals surface area contributed by atoms with Crippen molar-refractivity contribution in [3.8, 4) is 17.1 Å². The number of methoxy groups -OCH3 is 1. The van der Waals surface area contributed by atoms with Crippen molar-refractivity contribution >= 4 is 28.3 Å². The maximum Gasteiger partial charge on any atom is 0.197 e. The van der Waals surface area contributed by atoms with E-state index >= 15 is 0 Å². The third kappa shape index (κ3) is 4.53. The van der Waals surface area contributed by atoms with Crippen LogP contribution in [0.5, 0.6) is 5.75 Å². The van der Waals surface area contributed by atoms with Crippen LogP contribution in [0.2, 0.25) is 0 Å². The summed E-state index contributed by atoms with van der Waals surface area (Å²) in [6.45, 7) is 1.47. The number of benzene rings is 2. The predicted octanol–water partition coefficient (Wildman–Crippen LogP) is 3.60. The van der Waals surface area contributed by atoms with E-state index in [-0.39, 0.29) is 5.78 Å². The Labute approximate surface area is 161 Å². The number of rotatable bonds is 6. The second-order valence-electron chi connectivity index (χ2n) is 5.65. The first-order valence-electron chi connectivity index (χ1n) is 8.20. The molecule has 0 aliphatic rings. The van der Waals surface area contributed by atoms with Gasteiger partial charge in [-0.25, -0.2) is 0 Å². The monoisotopic (exact) mass is 381 g/mol. The summed E-state index contributed by atoms with van der Waals surface area (Å²) in [7, 11) is 3.47. The van der Waals surface area contributed by atoms with Gasteiger partial charge in [0.25, 0.3) is 0 Å². The van der Waals surface area contributed by atoms with Crippen LogP contribution in [0.1, 0.15) is 6.92 Å². The highest BCUT2D eigenvalue weighted by atomic mass is 32.2. The number of thioether (sulfide) groups is 1. The molecule has 138 valence electrons. The number of hydrogen-bond acceptors (Lipinski definition) is 7. The topological polar surface area (TPSA) is 81.4 Å². The van der Waals surface area contributed by atoms with Crippen molar-refractivity contribution in [1.29, 1.82) is 0 Å². The van der Waals surface area contributed by atoms with Crippen molar-refractivity contribution in [2.75, 3.05) is 12.5 Å². The quantitative estimate of drug-likeness (QED) is 0.304. The van der Waals surface area contributed by atoms with Crippen LogP contribution >= 0.6 is 11.8 Å². The zero-order valence-electron chi connectivity index (χ0n) is 15.2. The van der Waals surface area contributed by atoms with Crippen molar-refractivity contribution in [2.45, 2.75) is 12.1 Å². The number of ether oxygens (including phenoxy) is 1. The van der Waals surface area contributed by atoms with E-state index in [1.807, 2.05) is 66.2 Å². The van der Waals surface area contributed by atoms with Gasteiger partial charge in [0.1, 0.15) is 5.75 Å². The lowest BCUT2D eigenvalue weighted by molar-refractivity contribution is -0.110. The zero-order chi connectivity index (χ0) is 19.2. The van der Waals surface area contributed by atoms with Gasteiger partial charge in [0.05, 0.1) is 12.8 Å². The van der Waals surface area contributed by atoms with Crippen LogP contribution in [0.15, 0.2) is 64.9 Å². The molecule has 0 spiro atoms. The van der Waals surface area contributed by atoms with Crippen LogP contribution in [0, 0.1) is 0 Å². The number of nitrogens with one attached hydrogen (secondary N) is 1. The van der Waals surface area contributed by atoms with Gasteiger partial charge in [-0.3, -0.25) is 10.2 Å². The van der Waals surface area contributed by atoms with Crippen molar-refractivity contribution in [3.63, 3.8) is 0 Å². The summed E-state index contributed by atoms with van der Waals surface area (Å²) in [5.74, 6) is 1.31. The highest BCUT2D eigenvalue weighted by Crippen LogP contribution is 2.25. The third-order valence-corrected chi connectivity index (χ3v) is 4.84. The summed E-state index contributed by atoms with van der Waals surface area (Å²) in [4.78, 5) is 12.0. The molecule has 0 bridgehead atoms. The lowest BCUT2D eigenvalue weighted by atomic mass is 10.2. The molecule has 0 aliphatic carbocycles. The Kier molecular flexibility index (Phi) is 5.87. The SMILES string of the molecule is COc1ccc(-c2nnc(S/C(=N\Nc3ccccc3)C(C)=O)n2C)cc1. The van der Waals surface area contributed by atoms with Gasteiger partial charge in [-0.15, -0.1) is 10.2 Å². The molecule has 2 aromatic carbocycles. The number of hydrogen-bond donors (Lipinski definition) is 1. The molecule has 0 radical (unpaired) electrons. The van der Waals surface area contributed by atoms with Crippen LogP contribution in [-0.2, 0) is 11.8 Å². The van der Waals surface area contributed by atoms with Gasteiger partial charge in [0, 0.05) is 19.5 Å². The fourth-order valence-corrected chi connectivity index (χ4v) is 3.00. The summed E-state index contributed by atoms with van der Waals surface area (Å²) in [6, 6.07) is 17.0. The van der Waals surface area contributed by atoms with E-state index in [1.54, 1.807) is 7.11 Å². The molecule has 0 saturated carbocycles. The van der Waals surface area contributed by atoms with Gasteiger partial charge in [-0.2, -0.15) is 5.10 Å². The second-order valence-corrected chi connectivity index (χ2v) is 6.60. The Hall–Kier alpha value is -3.13. The number of carbonyl (C=O) groups excluding carboxylic acids is 1. The van der Waals surface area contributed by atoms with Crippen LogP contribution in [0.25, 0.3) is 11.4 Å². The van der Waals surface area contributed by atoms with E-state index in [4.69, 9.17) is 4.74 Å². The maximum absolute atomic E-state index is 12.0.